The highest BCUT2D eigenvalue weighted by Crippen LogP contribution is 2.37. The molecule has 3 aromatic carbocycles. The Bertz CT molecular complexity index is 1600. The predicted octanol–water partition coefficient (Wildman–Crippen LogP) is 7.09. The van der Waals surface area contributed by atoms with E-state index in [-0.39, 0.29) is 23.8 Å². The molecule has 202 valence electrons. The molecule has 0 aliphatic rings. The van der Waals surface area contributed by atoms with Crippen LogP contribution >= 0.6 is 27.5 Å². The standard InChI is InChI=1S/C28H26BrClN4O5/c1-4-17(3)27-32-24-11-8-20(29)14-22(24)28(35)33(27)31-15-19-12-23(30)26(25(13-19)38-5-2)39-16-18-6-9-21(10-7-18)34(36)37/h6-15,17H,4-5,16H2,1-3H3/t17-/m1/s1. The summed E-state index contributed by atoms with van der Waals surface area (Å²) in [5.74, 6) is 1.31. The maximum atomic E-state index is 13.4. The van der Waals surface area contributed by atoms with Crippen LogP contribution in [0.3, 0.4) is 0 Å². The first-order chi connectivity index (χ1) is 18.7. The average Bonchev–Trinajstić information content (AvgIpc) is 2.92. The van der Waals surface area contributed by atoms with Crippen LogP contribution in [0.5, 0.6) is 11.5 Å². The maximum absolute atomic E-state index is 13.4. The summed E-state index contributed by atoms with van der Waals surface area (Å²) in [6, 6.07) is 14.9. The Morgan fingerprint density at radius 2 is 1.90 bits per heavy atom. The molecular formula is C28H26BrClN4O5. The number of nitro benzene ring substituents is 1. The van der Waals surface area contributed by atoms with E-state index in [0.29, 0.717) is 45.4 Å². The highest BCUT2D eigenvalue weighted by molar-refractivity contribution is 9.10. The van der Waals surface area contributed by atoms with Crippen molar-refractivity contribution in [2.24, 2.45) is 5.10 Å². The van der Waals surface area contributed by atoms with Gasteiger partial charge in [0, 0.05) is 22.5 Å². The van der Waals surface area contributed by atoms with Gasteiger partial charge in [-0.3, -0.25) is 14.9 Å². The number of rotatable bonds is 10. The monoisotopic (exact) mass is 612 g/mol. The second-order valence-corrected chi connectivity index (χ2v) is 10.1. The van der Waals surface area contributed by atoms with E-state index in [1.165, 1.54) is 23.0 Å². The summed E-state index contributed by atoms with van der Waals surface area (Å²) >= 11 is 9.99. The van der Waals surface area contributed by atoms with Gasteiger partial charge in [-0.05, 0) is 66.9 Å². The summed E-state index contributed by atoms with van der Waals surface area (Å²) < 4.78 is 13.8. The van der Waals surface area contributed by atoms with Crippen molar-refractivity contribution in [2.45, 2.75) is 39.7 Å². The molecule has 0 bridgehead atoms. The van der Waals surface area contributed by atoms with Gasteiger partial charge < -0.3 is 9.47 Å². The quantitative estimate of drug-likeness (QED) is 0.107. The molecule has 0 saturated heterocycles. The van der Waals surface area contributed by atoms with Crippen molar-refractivity contribution >= 4 is 50.3 Å². The number of nitro groups is 1. The molecule has 0 amide bonds. The van der Waals surface area contributed by atoms with E-state index >= 15 is 0 Å². The number of hydrogen-bond acceptors (Lipinski definition) is 7. The second kappa shape index (κ2) is 12.4. The molecule has 11 heteroatoms. The number of non-ortho nitro benzene ring substituents is 1. The van der Waals surface area contributed by atoms with Gasteiger partial charge in [0.1, 0.15) is 12.4 Å². The first-order valence-electron chi connectivity index (χ1n) is 12.3. The zero-order valence-electron chi connectivity index (χ0n) is 21.6. The van der Waals surface area contributed by atoms with Crippen molar-refractivity contribution in [3.05, 3.63) is 102 Å². The van der Waals surface area contributed by atoms with Crippen LogP contribution in [-0.4, -0.2) is 27.4 Å². The Balaban J connectivity index is 1.67. The molecule has 0 aliphatic heterocycles. The van der Waals surface area contributed by atoms with Gasteiger partial charge in [-0.25, -0.2) is 4.98 Å². The van der Waals surface area contributed by atoms with Crippen LogP contribution in [0.2, 0.25) is 5.02 Å². The van der Waals surface area contributed by atoms with E-state index in [1.807, 2.05) is 32.9 Å². The number of aromatic nitrogens is 2. The summed E-state index contributed by atoms with van der Waals surface area (Å²) in [4.78, 5) is 28.6. The third-order valence-electron chi connectivity index (χ3n) is 6.07. The van der Waals surface area contributed by atoms with Gasteiger partial charge in [0.25, 0.3) is 11.2 Å². The van der Waals surface area contributed by atoms with Gasteiger partial charge in [-0.2, -0.15) is 9.78 Å². The van der Waals surface area contributed by atoms with Crippen LogP contribution in [0.15, 0.2) is 69.0 Å². The number of benzene rings is 3. The lowest BCUT2D eigenvalue weighted by molar-refractivity contribution is -0.384. The van der Waals surface area contributed by atoms with E-state index in [9.17, 15) is 14.9 Å². The summed E-state index contributed by atoms with van der Waals surface area (Å²) in [5, 5.41) is 16.1. The molecule has 9 nitrogen and oxygen atoms in total. The SMILES string of the molecule is CCOc1cc(C=Nn2c([C@H](C)CC)nc3ccc(Br)cc3c2=O)cc(Cl)c1OCc1ccc([N+](=O)[O-])cc1. The molecule has 1 atom stereocenters. The first kappa shape index (κ1) is 28.3. The molecule has 0 N–H and O–H groups in total. The van der Waals surface area contributed by atoms with E-state index < -0.39 is 4.92 Å². The van der Waals surface area contributed by atoms with Gasteiger partial charge in [0.05, 0.1) is 33.7 Å². The van der Waals surface area contributed by atoms with Crippen LogP contribution in [0.4, 0.5) is 5.69 Å². The van der Waals surface area contributed by atoms with E-state index in [0.717, 1.165) is 16.5 Å². The molecule has 0 unspecified atom stereocenters. The van der Waals surface area contributed by atoms with E-state index in [2.05, 4.69) is 21.0 Å². The number of hydrogen-bond donors (Lipinski definition) is 0. The van der Waals surface area contributed by atoms with Crippen LogP contribution < -0.4 is 15.0 Å². The molecule has 0 aliphatic carbocycles. The molecule has 0 radical (unpaired) electrons. The van der Waals surface area contributed by atoms with Crippen molar-refractivity contribution in [1.29, 1.82) is 0 Å². The molecule has 0 fully saturated rings. The lowest BCUT2D eigenvalue weighted by Gasteiger charge is -2.15. The van der Waals surface area contributed by atoms with Crippen molar-refractivity contribution in [3.63, 3.8) is 0 Å². The Morgan fingerprint density at radius 1 is 1.15 bits per heavy atom. The van der Waals surface area contributed by atoms with Gasteiger partial charge >= 0.3 is 0 Å². The molecule has 0 saturated carbocycles. The molecule has 1 heterocycles. The Hall–Kier alpha value is -3.76. The lowest BCUT2D eigenvalue weighted by Crippen LogP contribution is -2.23. The smallest absolute Gasteiger partial charge is 0.282 e. The average molecular weight is 614 g/mol. The topological polar surface area (TPSA) is 109 Å². The van der Waals surface area contributed by atoms with Gasteiger partial charge in [-0.15, -0.1) is 0 Å². The lowest BCUT2D eigenvalue weighted by atomic mass is 10.1. The maximum Gasteiger partial charge on any atom is 0.282 e. The fraction of sp³-hybridized carbons (Fsp3) is 0.250. The Labute approximate surface area is 238 Å². The molecule has 39 heavy (non-hydrogen) atoms. The molecule has 1 aromatic heterocycles. The minimum Gasteiger partial charge on any atom is -0.490 e. The van der Waals surface area contributed by atoms with Crippen LogP contribution in [-0.2, 0) is 6.61 Å². The Kier molecular flexibility index (Phi) is 8.98. The van der Waals surface area contributed by atoms with Gasteiger partial charge in [0.15, 0.2) is 11.5 Å². The van der Waals surface area contributed by atoms with E-state index in [1.54, 1.807) is 30.3 Å². The zero-order valence-corrected chi connectivity index (χ0v) is 23.9. The fourth-order valence-electron chi connectivity index (χ4n) is 3.84. The predicted molar refractivity (Wildman–Crippen MR) is 155 cm³/mol. The van der Waals surface area contributed by atoms with Crippen LogP contribution in [0.25, 0.3) is 10.9 Å². The number of ether oxygens (including phenoxy) is 2. The third-order valence-corrected chi connectivity index (χ3v) is 6.84. The normalized spacial score (nSPS) is 12.1. The van der Waals surface area contributed by atoms with Gasteiger partial charge in [-0.1, -0.05) is 41.4 Å². The van der Waals surface area contributed by atoms with Crippen molar-refractivity contribution in [2.75, 3.05) is 6.61 Å². The first-order valence-corrected chi connectivity index (χ1v) is 13.5. The minimum atomic E-state index is -0.456. The zero-order chi connectivity index (χ0) is 28.1. The summed E-state index contributed by atoms with van der Waals surface area (Å²) in [7, 11) is 0. The van der Waals surface area contributed by atoms with Crippen molar-refractivity contribution in [1.82, 2.24) is 9.66 Å². The fourth-order valence-corrected chi connectivity index (χ4v) is 4.47. The van der Waals surface area contributed by atoms with Crippen molar-refractivity contribution < 1.29 is 14.4 Å². The molecule has 4 rings (SSSR count). The number of nitrogens with zero attached hydrogens (tertiary/aromatic N) is 4. The molecular weight excluding hydrogens is 588 g/mol. The summed E-state index contributed by atoms with van der Waals surface area (Å²) in [5.41, 5.74) is 1.67. The summed E-state index contributed by atoms with van der Waals surface area (Å²) in [6.45, 7) is 6.37. The number of fused-ring (bicyclic) bond motifs is 1. The highest BCUT2D eigenvalue weighted by Gasteiger charge is 2.17. The largest absolute Gasteiger partial charge is 0.490 e. The Morgan fingerprint density at radius 3 is 2.56 bits per heavy atom. The van der Waals surface area contributed by atoms with Crippen molar-refractivity contribution in [3.8, 4) is 11.5 Å². The molecule has 0 spiro atoms. The third kappa shape index (κ3) is 6.46. The number of halogens is 2. The molecule has 4 aromatic rings. The minimum absolute atomic E-state index is 0.000250. The van der Waals surface area contributed by atoms with E-state index in [4.69, 9.17) is 26.1 Å². The summed E-state index contributed by atoms with van der Waals surface area (Å²) in [6.07, 6.45) is 2.32. The van der Waals surface area contributed by atoms with Gasteiger partial charge in [0.2, 0.25) is 0 Å². The van der Waals surface area contributed by atoms with Crippen LogP contribution in [0, 0.1) is 10.1 Å². The second-order valence-electron chi connectivity index (χ2n) is 8.78. The van der Waals surface area contributed by atoms with Crippen LogP contribution in [0.1, 0.15) is 50.1 Å². The highest BCUT2D eigenvalue weighted by atomic mass is 79.9.